The van der Waals surface area contributed by atoms with Gasteiger partial charge in [-0.25, -0.2) is 18.2 Å². The predicted molar refractivity (Wildman–Crippen MR) is 123 cm³/mol. The summed E-state index contributed by atoms with van der Waals surface area (Å²) in [6, 6.07) is 8.99. The third-order valence-corrected chi connectivity index (χ3v) is 5.26. The Kier molecular flexibility index (Phi) is 5.68. The average molecular weight is 492 g/mol. The van der Waals surface area contributed by atoms with Crippen molar-refractivity contribution in [3.8, 4) is 17.2 Å². The molecule has 0 unspecified atom stereocenters. The smallest absolute Gasteiger partial charge is 0.284 e. The van der Waals surface area contributed by atoms with Crippen molar-refractivity contribution in [1.29, 1.82) is 0 Å². The zero-order valence-corrected chi connectivity index (χ0v) is 18.4. The van der Waals surface area contributed by atoms with Crippen LogP contribution in [0.2, 0.25) is 0 Å². The summed E-state index contributed by atoms with van der Waals surface area (Å²) < 4.78 is 49.2. The van der Waals surface area contributed by atoms with Gasteiger partial charge in [0, 0.05) is 24.5 Å². The van der Waals surface area contributed by atoms with Crippen molar-refractivity contribution in [1.82, 2.24) is 25.0 Å². The molecule has 0 bridgehead atoms. The van der Waals surface area contributed by atoms with E-state index in [-0.39, 0.29) is 17.0 Å². The predicted octanol–water partition coefficient (Wildman–Crippen LogP) is 4.27. The van der Waals surface area contributed by atoms with Crippen LogP contribution in [-0.4, -0.2) is 30.9 Å². The highest BCUT2D eigenvalue weighted by Gasteiger charge is 2.19. The topological polar surface area (TPSA) is 115 Å². The maximum absolute atomic E-state index is 14.8. The summed E-state index contributed by atoms with van der Waals surface area (Å²) >= 11 is 0. The van der Waals surface area contributed by atoms with Crippen LogP contribution < -0.4 is 15.6 Å². The maximum Gasteiger partial charge on any atom is 0.284 e. The van der Waals surface area contributed by atoms with Crippen molar-refractivity contribution in [2.75, 3.05) is 5.32 Å². The molecular weight excluding hydrogens is 477 g/mol. The lowest BCUT2D eigenvalue weighted by Gasteiger charge is -2.12. The zero-order chi connectivity index (χ0) is 25.4. The Morgan fingerprint density at radius 1 is 1.00 bits per heavy atom. The molecule has 0 radical (unpaired) electrons. The summed E-state index contributed by atoms with van der Waals surface area (Å²) in [7, 11) is 0. The summed E-state index contributed by atoms with van der Waals surface area (Å²) in [4.78, 5) is 29.6. The quantitative estimate of drug-likeness (QED) is 0.379. The standard InChI is InChI=1S/C24H15F3N6O3/c1-12-21-19(7-8-28-22(21)32-31-12)36-20-11-16(26)18(10-17(20)27)30-23(34)15-6-9-29-33(24(15)35)14-4-2-13(25)3-5-14/h2-11H,1H3,(H,30,34)(H,28,31,32). The van der Waals surface area contributed by atoms with E-state index in [4.69, 9.17) is 4.74 Å². The van der Waals surface area contributed by atoms with Crippen molar-refractivity contribution in [2.24, 2.45) is 0 Å². The van der Waals surface area contributed by atoms with Crippen LogP contribution in [0.5, 0.6) is 11.5 Å². The largest absolute Gasteiger partial charge is 0.453 e. The minimum atomic E-state index is -0.998. The molecule has 0 aliphatic rings. The first-order valence-corrected chi connectivity index (χ1v) is 10.4. The molecule has 12 heteroatoms. The second-order valence-electron chi connectivity index (χ2n) is 7.60. The Bertz CT molecular complexity index is 1680. The number of H-pyrrole nitrogens is 1. The number of aromatic nitrogens is 5. The number of anilines is 1. The first kappa shape index (κ1) is 22.8. The van der Waals surface area contributed by atoms with Crippen LogP contribution in [0.25, 0.3) is 16.7 Å². The van der Waals surface area contributed by atoms with Gasteiger partial charge >= 0.3 is 0 Å². The summed E-state index contributed by atoms with van der Waals surface area (Å²) in [5.74, 6) is -3.69. The minimum absolute atomic E-state index is 0.208. The minimum Gasteiger partial charge on any atom is -0.453 e. The first-order chi connectivity index (χ1) is 17.3. The van der Waals surface area contributed by atoms with Crippen LogP contribution in [0.15, 0.2) is 65.7 Å². The van der Waals surface area contributed by atoms with Crippen molar-refractivity contribution >= 4 is 22.6 Å². The Morgan fingerprint density at radius 2 is 1.78 bits per heavy atom. The maximum atomic E-state index is 14.8. The van der Waals surface area contributed by atoms with Gasteiger partial charge in [0.15, 0.2) is 23.0 Å². The van der Waals surface area contributed by atoms with Gasteiger partial charge in [0.2, 0.25) is 0 Å². The van der Waals surface area contributed by atoms with Gasteiger partial charge in [0.25, 0.3) is 11.5 Å². The molecule has 0 fully saturated rings. The number of nitrogens with one attached hydrogen (secondary N) is 2. The van der Waals surface area contributed by atoms with Crippen LogP contribution >= 0.6 is 0 Å². The Hall–Kier alpha value is -5.00. The third-order valence-electron chi connectivity index (χ3n) is 5.26. The number of amides is 1. The Balaban J connectivity index is 1.42. The summed E-state index contributed by atoms with van der Waals surface area (Å²) in [6.45, 7) is 1.70. The van der Waals surface area contributed by atoms with Gasteiger partial charge in [-0.3, -0.25) is 14.7 Å². The number of pyridine rings is 1. The highest BCUT2D eigenvalue weighted by atomic mass is 19.1. The summed E-state index contributed by atoms with van der Waals surface area (Å²) in [5, 5.41) is 13.3. The number of benzene rings is 2. The molecule has 3 aromatic heterocycles. The number of rotatable bonds is 5. The number of carbonyl (C=O) groups excluding carboxylic acids is 1. The fraction of sp³-hybridized carbons (Fsp3) is 0.0417. The lowest BCUT2D eigenvalue weighted by atomic mass is 10.2. The lowest BCUT2D eigenvalue weighted by molar-refractivity contribution is 0.102. The first-order valence-electron chi connectivity index (χ1n) is 10.4. The number of carbonyl (C=O) groups is 1. The SMILES string of the molecule is Cc1n[nH]c2nccc(Oc3cc(F)c(NC(=O)c4ccnn(-c5ccc(F)cc5)c4=O)cc3F)c12. The van der Waals surface area contributed by atoms with Crippen molar-refractivity contribution in [3.63, 3.8) is 0 Å². The number of hydrogen-bond acceptors (Lipinski definition) is 6. The second kappa shape index (κ2) is 8.98. The fourth-order valence-electron chi connectivity index (χ4n) is 3.52. The molecule has 0 aliphatic carbocycles. The van der Waals surface area contributed by atoms with Crippen LogP contribution in [-0.2, 0) is 0 Å². The van der Waals surface area contributed by atoms with E-state index in [2.05, 4.69) is 25.6 Å². The van der Waals surface area contributed by atoms with E-state index in [1.807, 2.05) is 0 Å². The van der Waals surface area contributed by atoms with Crippen LogP contribution in [0.4, 0.5) is 18.9 Å². The molecule has 0 saturated carbocycles. The van der Waals surface area contributed by atoms with E-state index in [0.717, 1.165) is 35.0 Å². The van der Waals surface area contributed by atoms with E-state index in [9.17, 15) is 22.8 Å². The monoisotopic (exact) mass is 492 g/mol. The van der Waals surface area contributed by atoms with Crippen LogP contribution in [0.1, 0.15) is 16.1 Å². The molecule has 0 saturated heterocycles. The van der Waals surface area contributed by atoms with Gasteiger partial charge < -0.3 is 10.1 Å². The molecule has 180 valence electrons. The molecule has 5 rings (SSSR count). The zero-order valence-electron chi connectivity index (χ0n) is 18.4. The van der Waals surface area contributed by atoms with E-state index in [0.29, 0.717) is 16.7 Å². The molecule has 36 heavy (non-hydrogen) atoms. The van der Waals surface area contributed by atoms with E-state index in [1.54, 1.807) is 6.92 Å². The number of aromatic amines is 1. The van der Waals surface area contributed by atoms with Gasteiger partial charge in [0.05, 0.1) is 22.5 Å². The molecule has 9 nitrogen and oxygen atoms in total. The molecule has 5 aromatic rings. The molecule has 0 spiro atoms. The average Bonchev–Trinajstić information content (AvgIpc) is 3.24. The Morgan fingerprint density at radius 3 is 2.56 bits per heavy atom. The van der Waals surface area contributed by atoms with Gasteiger partial charge in [-0.1, -0.05) is 0 Å². The normalized spacial score (nSPS) is 11.0. The number of hydrogen-bond donors (Lipinski definition) is 2. The van der Waals surface area contributed by atoms with E-state index < -0.39 is 40.4 Å². The van der Waals surface area contributed by atoms with Gasteiger partial charge in [0.1, 0.15) is 17.1 Å². The van der Waals surface area contributed by atoms with Gasteiger partial charge in [-0.2, -0.15) is 14.9 Å². The molecule has 0 aliphatic heterocycles. The fourth-order valence-corrected chi connectivity index (χ4v) is 3.52. The highest BCUT2D eigenvalue weighted by molar-refractivity contribution is 6.04. The molecule has 2 N–H and O–H groups in total. The van der Waals surface area contributed by atoms with E-state index in [1.165, 1.54) is 30.6 Å². The third kappa shape index (κ3) is 4.15. The molecule has 2 aromatic carbocycles. The number of fused-ring (bicyclic) bond motifs is 1. The van der Waals surface area contributed by atoms with Crippen LogP contribution in [0, 0.1) is 24.4 Å². The van der Waals surface area contributed by atoms with Gasteiger partial charge in [-0.05, 0) is 43.3 Å². The second-order valence-corrected chi connectivity index (χ2v) is 7.60. The van der Waals surface area contributed by atoms with Gasteiger partial charge in [-0.15, -0.1) is 0 Å². The number of aryl methyl sites for hydroxylation is 1. The summed E-state index contributed by atoms with van der Waals surface area (Å²) in [6.07, 6.45) is 2.60. The van der Waals surface area contributed by atoms with Crippen LogP contribution in [0.3, 0.4) is 0 Å². The van der Waals surface area contributed by atoms with Crippen molar-refractivity contribution in [2.45, 2.75) is 6.92 Å². The van der Waals surface area contributed by atoms with E-state index >= 15 is 0 Å². The Labute approximate surface area is 200 Å². The lowest BCUT2D eigenvalue weighted by Crippen LogP contribution is -2.29. The molecular formula is C24H15F3N6O3. The highest BCUT2D eigenvalue weighted by Crippen LogP contribution is 2.33. The molecule has 1 amide bonds. The summed E-state index contributed by atoms with van der Waals surface area (Å²) in [5.41, 5.74) is -0.537. The molecule has 0 atom stereocenters. The number of ether oxygens (including phenoxy) is 1. The number of halogens is 3. The van der Waals surface area contributed by atoms with Crippen molar-refractivity contribution in [3.05, 3.63) is 100.0 Å². The van der Waals surface area contributed by atoms with Crippen molar-refractivity contribution < 1.29 is 22.7 Å². The number of nitrogens with zero attached hydrogens (tertiary/aromatic N) is 4. The molecule has 3 heterocycles.